The standard InChI is InChI=1S/C26H28N4O2S2.Au/c1-28(2)18-7-3-16(4-8-18)20-15-21(31)23-22(20)25(32)27-24(23)17-5-9-19(10-6-17)29-11-13-30(14-12-29)26(33)34;/h3-10,26,33-34H,11-15H2,1-2H3,(H,27,32);/p-2. The number of nitrogens with one attached hydrogen (secondary N) is 1. The third kappa shape index (κ3) is 5.01. The van der Waals surface area contributed by atoms with Gasteiger partial charge in [0, 0.05) is 80.5 Å². The number of ketones is 1. The number of anilines is 2. The number of piperazine rings is 1. The van der Waals surface area contributed by atoms with E-state index in [1.54, 1.807) is 0 Å². The van der Waals surface area contributed by atoms with Crippen LogP contribution in [0.5, 0.6) is 0 Å². The third-order valence-corrected chi connectivity index (χ3v) is 7.35. The fraction of sp³-hybridized carbons (Fsp3) is 0.308. The van der Waals surface area contributed by atoms with Crippen molar-refractivity contribution in [1.82, 2.24) is 10.2 Å². The van der Waals surface area contributed by atoms with Crippen LogP contribution in [0, 0.1) is 0 Å². The molecule has 1 fully saturated rings. The quantitative estimate of drug-likeness (QED) is 0.384. The largest absolute Gasteiger partial charge is 0.800 e. The molecular formula is C26H26AuN4O2S2-2. The van der Waals surface area contributed by atoms with Gasteiger partial charge in [0.15, 0.2) is 5.78 Å². The van der Waals surface area contributed by atoms with E-state index in [0.29, 0.717) is 16.8 Å². The molecule has 1 amide bonds. The van der Waals surface area contributed by atoms with Crippen molar-refractivity contribution in [3.05, 3.63) is 70.8 Å². The molecule has 2 aromatic rings. The van der Waals surface area contributed by atoms with Crippen LogP contribution >= 0.6 is 0 Å². The topological polar surface area (TPSA) is 55.9 Å². The Labute approximate surface area is 232 Å². The summed E-state index contributed by atoms with van der Waals surface area (Å²) in [6, 6.07) is 16.0. The molecule has 35 heavy (non-hydrogen) atoms. The Morgan fingerprint density at radius 3 is 2.03 bits per heavy atom. The smallest absolute Gasteiger partial charge is 0.256 e. The summed E-state index contributed by atoms with van der Waals surface area (Å²) < 4.78 is -0.258. The number of rotatable bonds is 5. The fourth-order valence-electron chi connectivity index (χ4n) is 4.83. The van der Waals surface area contributed by atoms with Gasteiger partial charge >= 0.3 is 0 Å². The number of Topliss-reactive ketones (excluding diaryl/α,β-unsaturated/α-hetero) is 1. The Morgan fingerprint density at radius 2 is 1.46 bits per heavy atom. The number of hydrogen-bond acceptors (Lipinski definition) is 7. The second kappa shape index (κ2) is 10.6. The number of carbonyl (C=O) groups excluding carboxylic acids is 2. The summed E-state index contributed by atoms with van der Waals surface area (Å²) in [5.74, 6) is -0.220. The molecular weight excluding hydrogens is 661 g/mol. The first-order valence-corrected chi connectivity index (χ1v) is 12.3. The average molecular weight is 688 g/mol. The van der Waals surface area contributed by atoms with Crippen molar-refractivity contribution in [3.63, 3.8) is 0 Å². The Bertz CT molecular complexity index is 1200. The van der Waals surface area contributed by atoms with Crippen molar-refractivity contribution >= 4 is 59.6 Å². The van der Waals surface area contributed by atoms with Gasteiger partial charge in [0.05, 0.1) is 16.8 Å². The van der Waals surface area contributed by atoms with Gasteiger partial charge in [0.25, 0.3) is 5.91 Å². The molecule has 1 N–H and O–H groups in total. The second-order valence-corrected chi connectivity index (χ2v) is 10.2. The molecule has 0 bridgehead atoms. The van der Waals surface area contributed by atoms with E-state index in [0.717, 1.165) is 54.3 Å². The summed E-state index contributed by atoms with van der Waals surface area (Å²) in [5.41, 5.74) is 6.37. The Kier molecular flexibility index (Phi) is 7.90. The molecule has 0 atom stereocenters. The molecule has 1 saturated heterocycles. The summed E-state index contributed by atoms with van der Waals surface area (Å²) in [4.78, 5) is 32.4. The molecule has 2 aliphatic heterocycles. The summed E-state index contributed by atoms with van der Waals surface area (Å²) in [5, 5.41) is 2.96. The maximum Gasteiger partial charge on any atom is 0.256 e. The third-order valence-electron chi connectivity index (χ3n) is 6.75. The molecule has 0 spiro atoms. The summed E-state index contributed by atoms with van der Waals surface area (Å²) in [6.45, 7) is 3.45. The van der Waals surface area contributed by atoms with Gasteiger partial charge in [-0.05, 0) is 41.0 Å². The minimum atomic E-state index is -0.258. The van der Waals surface area contributed by atoms with Gasteiger partial charge in [-0.3, -0.25) is 9.59 Å². The van der Waals surface area contributed by atoms with Crippen molar-refractivity contribution in [2.45, 2.75) is 11.1 Å². The fourth-order valence-corrected chi connectivity index (χ4v) is 5.26. The minimum Gasteiger partial charge on any atom is -0.800 e. The SMILES string of the molecule is CN(C)c1ccc(C2=C3C(=O)NC(c4ccc(N5CCN(C([S-])[S-])CC5)cc4)=C3C(=O)C2)cc1.[Au]. The molecule has 1 radical (unpaired) electrons. The van der Waals surface area contributed by atoms with Crippen LogP contribution in [-0.4, -0.2) is 61.6 Å². The van der Waals surface area contributed by atoms with Crippen LogP contribution in [0.3, 0.4) is 0 Å². The van der Waals surface area contributed by atoms with Crippen molar-refractivity contribution < 1.29 is 32.0 Å². The molecule has 1 aliphatic carbocycles. The molecule has 5 rings (SSSR count). The van der Waals surface area contributed by atoms with E-state index in [1.807, 2.05) is 67.5 Å². The van der Waals surface area contributed by atoms with Crippen LogP contribution < -0.4 is 15.1 Å². The zero-order chi connectivity index (χ0) is 24.0. The van der Waals surface area contributed by atoms with Crippen molar-refractivity contribution in [1.29, 1.82) is 0 Å². The normalized spacial score (nSPS) is 18.3. The molecule has 2 aromatic carbocycles. The van der Waals surface area contributed by atoms with E-state index in [2.05, 4.69) is 15.1 Å². The van der Waals surface area contributed by atoms with E-state index < -0.39 is 0 Å². The van der Waals surface area contributed by atoms with Gasteiger partial charge < -0.3 is 45.3 Å². The van der Waals surface area contributed by atoms with Crippen LogP contribution in [0.15, 0.2) is 59.7 Å². The number of hydrogen-bond donors (Lipinski definition) is 1. The van der Waals surface area contributed by atoms with E-state index >= 15 is 0 Å². The Hall–Kier alpha value is -1.94. The first-order chi connectivity index (χ1) is 16.3. The molecule has 187 valence electrons. The Balaban J connectivity index is 0.00000289. The maximum atomic E-state index is 13.0. The summed E-state index contributed by atoms with van der Waals surface area (Å²) in [6.07, 6.45) is 0.248. The predicted octanol–water partition coefficient (Wildman–Crippen LogP) is 2.52. The number of nitrogens with zero attached hydrogens (tertiary/aromatic N) is 3. The summed E-state index contributed by atoms with van der Waals surface area (Å²) >= 11 is 10.4. The number of fused-ring (bicyclic) bond motifs is 1. The predicted molar refractivity (Wildman–Crippen MR) is 141 cm³/mol. The molecule has 0 unspecified atom stereocenters. The first-order valence-electron chi connectivity index (χ1n) is 11.3. The van der Waals surface area contributed by atoms with Gasteiger partial charge in [0.1, 0.15) is 0 Å². The van der Waals surface area contributed by atoms with Crippen molar-refractivity contribution in [2.24, 2.45) is 0 Å². The molecule has 0 saturated carbocycles. The molecule has 9 heteroatoms. The summed E-state index contributed by atoms with van der Waals surface area (Å²) in [7, 11) is 3.96. The maximum absolute atomic E-state index is 13.0. The van der Waals surface area contributed by atoms with E-state index in [9.17, 15) is 9.59 Å². The molecule has 6 nitrogen and oxygen atoms in total. The zero-order valence-corrected chi connectivity index (χ0v) is 23.3. The van der Waals surface area contributed by atoms with E-state index in [-0.39, 0.29) is 45.2 Å². The van der Waals surface area contributed by atoms with Crippen molar-refractivity contribution in [3.8, 4) is 0 Å². The van der Waals surface area contributed by atoms with Crippen LogP contribution in [-0.2, 0) is 57.2 Å². The van der Waals surface area contributed by atoms with Gasteiger partial charge in [0.2, 0.25) is 0 Å². The van der Waals surface area contributed by atoms with E-state index in [4.69, 9.17) is 25.3 Å². The average Bonchev–Trinajstić information content (AvgIpc) is 3.37. The second-order valence-electron chi connectivity index (χ2n) is 8.98. The number of amides is 1. The van der Waals surface area contributed by atoms with Gasteiger partial charge in [-0.15, -0.1) is 0 Å². The van der Waals surface area contributed by atoms with Crippen LogP contribution in [0.2, 0.25) is 0 Å². The Morgan fingerprint density at radius 1 is 0.857 bits per heavy atom. The first kappa shape index (κ1) is 26.1. The van der Waals surface area contributed by atoms with Crippen LogP contribution in [0.25, 0.3) is 11.3 Å². The van der Waals surface area contributed by atoms with Gasteiger partial charge in [-0.25, -0.2) is 4.71 Å². The minimum absolute atomic E-state index is 0. The van der Waals surface area contributed by atoms with Crippen molar-refractivity contribution in [2.75, 3.05) is 50.1 Å². The van der Waals surface area contributed by atoms with Crippen LogP contribution in [0.1, 0.15) is 17.5 Å². The molecule has 2 heterocycles. The monoisotopic (exact) mass is 687 g/mol. The number of benzene rings is 2. The van der Waals surface area contributed by atoms with Gasteiger partial charge in [-0.2, -0.15) is 0 Å². The molecule has 3 aliphatic rings. The van der Waals surface area contributed by atoms with Gasteiger partial charge in [-0.1, -0.05) is 24.3 Å². The molecule has 0 aromatic heterocycles. The van der Waals surface area contributed by atoms with E-state index in [1.165, 1.54) is 0 Å². The number of carbonyl (C=O) groups is 2. The number of allylic oxidation sites excluding steroid dienone is 1. The van der Waals surface area contributed by atoms with Crippen LogP contribution in [0.4, 0.5) is 11.4 Å². The zero-order valence-electron chi connectivity index (χ0n) is 19.5.